The summed E-state index contributed by atoms with van der Waals surface area (Å²) in [6.45, 7) is 6.13. The molecule has 7 nitrogen and oxygen atoms in total. The quantitative estimate of drug-likeness (QED) is 0.465. The van der Waals surface area contributed by atoms with Gasteiger partial charge >= 0.3 is 12.3 Å². The van der Waals surface area contributed by atoms with E-state index in [1.165, 1.54) is 18.2 Å². The minimum Gasteiger partial charge on any atom is -0.478 e. The number of benzene rings is 2. The van der Waals surface area contributed by atoms with Gasteiger partial charge in [0.05, 0.1) is 17.5 Å². The number of alkyl halides is 3. The number of hydrogen-bond donors (Lipinski definition) is 1. The van der Waals surface area contributed by atoms with Crippen LogP contribution in [0, 0.1) is 11.3 Å². The Morgan fingerprint density at radius 2 is 1.85 bits per heavy atom. The largest absolute Gasteiger partial charge is 0.573 e. The van der Waals surface area contributed by atoms with Gasteiger partial charge in [-0.3, -0.25) is 4.79 Å². The maximum atomic E-state index is 14.0. The molecule has 1 amide bonds. The molecule has 2 aliphatic heterocycles. The van der Waals surface area contributed by atoms with Crippen LogP contribution in [-0.4, -0.2) is 59.0 Å². The number of carbonyl (C=O) groups excluding carboxylic acids is 1. The first-order valence-electron chi connectivity index (χ1n) is 13.8. The van der Waals surface area contributed by atoms with Crippen LogP contribution in [0.25, 0.3) is 0 Å². The van der Waals surface area contributed by atoms with E-state index in [4.69, 9.17) is 4.74 Å². The second kappa shape index (κ2) is 11.0. The fraction of sp³-hybridized carbons (Fsp3) is 0.533. The zero-order chi connectivity index (χ0) is 28.7. The Hall–Kier alpha value is -3.27. The van der Waals surface area contributed by atoms with Gasteiger partial charge in [0.2, 0.25) is 5.91 Å². The Balaban J connectivity index is 1.24. The molecule has 216 valence electrons. The molecule has 2 heterocycles. The van der Waals surface area contributed by atoms with E-state index in [1.807, 2.05) is 6.07 Å². The highest BCUT2D eigenvalue weighted by molar-refractivity contribution is 5.87. The Labute approximate surface area is 231 Å². The molecule has 2 aromatic rings. The van der Waals surface area contributed by atoms with E-state index in [0.717, 1.165) is 50.8 Å². The summed E-state index contributed by atoms with van der Waals surface area (Å²) in [7, 11) is 0. The molecule has 5 rings (SSSR count). The lowest BCUT2D eigenvalue weighted by molar-refractivity contribution is -0.274. The summed E-state index contributed by atoms with van der Waals surface area (Å²) in [6, 6.07) is 11.4. The summed E-state index contributed by atoms with van der Waals surface area (Å²) in [4.78, 5) is 29.5. The summed E-state index contributed by atoms with van der Waals surface area (Å²) in [5.41, 5.74) is 1.29. The molecule has 1 aliphatic carbocycles. The van der Waals surface area contributed by atoms with Crippen LogP contribution in [-0.2, 0) is 11.3 Å². The lowest BCUT2D eigenvalue weighted by Crippen LogP contribution is -2.49. The Morgan fingerprint density at radius 3 is 2.52 bits per heavy atom. The van der Waals surface area contributed by atoms with Crippen LogP contribution in [0.5, 0.6) is 11.5 Å². The van der Waals surface area contributed by atoms with Crippen LogP contribution in [0.2, 0.25) is 0 Å². The number of amides is 1. The molecule has 0 radical (unpaired) electrons. The average molecular weight is 561 g/mol. The number of piperidine rings is 1. The van der Waals surface area contributed by atoms with Gasteiger partial charge in [-0.25, -0.2) is 4.79 Å². The van der Waals surface area contributed by atoms with Crippen molar-refractivity contribution in [1.82, 2.24) is 9.80 Å². The molecular formula is C30H35F3N2O5. The molecule has 40 heavy (non-hydrogen) atoms. The van der Waals surface area contributed by atoms with Gasteiger partial charge in [-0.2, -0.15) is 0 Å². The monoisotopic (exact) mass is 560 g/mol. The van der Waals surface area contributed by atoms with E-state index >= 15 is 0 Å². The SMILES string of the molecule is CC(C)C1(C(=O)N2COc3ccc(OC(F)(F)F)cc3C2)CC[C@@H](N2CCC(c3cccc(C(=O)O)c3)CC2)C1. The van der Waals surface area contributed by atoms with E-state index in [0.29, 0.717) is 22.8 Å². The normalized spacial score (nSPS) is 24.1. The Bertz CT molecular complexity index is 1260. The number of fused-ring (bicyclic) bond motifs is 1. The molecule has 2 fully saturated rings. The van der Waals surface area contributed by atoms with Gasteiger partial charge in [0.1, 0.15) is 11.5 Å². The van der Waals surface area contributed by atoms with Crippen molar-refractivity contribution in [3.63, 3.8) is 0 Å². The molecule has 0 bridgehead atoms. The highest BCUT2D eigenvalue weighted by Gasteiger charge is 2.51. The molecular weight excluding hydrogens is 525 g/mol. The molecule has 3 aliphatic rings. The molecule has 0 spiro atoms. The van der Waals surface area contributed by atoms with Gasteiger partial charge in [0.15, 0.2) is 6.73 Å². The average Bonchev–Trinajstić information content (AvgIpc) is 3.38. The maximum Gasteiger partial charge on any atom is 0.573 e. The number of carbonyl (C=O) groups is 2. The molecule has 1 N–H and O–H groups in total. The number of nitrogens with zero attached hydrogens (tertiary/aromatic N) is 2. The third-order valence-corrected chi connectivity index (χ3v) is 9.00. The molecule has 1 saturated heterocycles. The second-order valence-corrected chi connectivity index (χ2v) is 11.5. The van der Waals surface area contributed by atoms with Crippen LogP contribution in [0.3, 0.4) is 0 Å². The minimum absolute atomic E-state index is 0.0156. The van der Waals surface area contributed by atoms with Gasteiger partial charge in [-0.1, -0.05) is 26.0 Å². The predicted molar refractivity (Wildman–Crippen MR) is 141 cm³/mol. The fourth-order valence-electron chi connectivity index (χ4n) is 6.71. The highest BCUT2D eigenvalue weighted by Crippen LogP contribution is 2.49. The zero-order valence-electron chi connectivity index (χ0n) is 22.7. The lowest BCUT2D eigenvalue weighted by atomic mass is 9.74. The fourth-order valence-corrected chi connectivity index (χ4v) is 6.71. The smallest absolute Gasteiger partial charge is 0.478 e. The van der Waals surface area contributed by atoms with Gasteiger partial charge in [0.25, 0.3) is 0 Å². The molecule has 2 atom stereocenters. The van der Waals surface area contributed by atoms with Gasteiger partial charge in [0, 0.05) is 11.6 Å². The van der Waals surface area contributed by atoms with Crippen molar-refractivity contribution in [2.75, 3.05) is 19.8 Å². The van der Waals surface area contributed by atoms with Crippen molar-refractivity contribution in [3.05, 3.63) is 59.2 Å². The van der Waals surface area contributed by atoms with Gasteiger partial charge < -0.3 is 24.4 Å². The van der Waals surface area contributed by atoms with Crippen molar-refractivity contribution in [2.45, 2.75) is 70.8 Å². The Kier molecular flexibility index (Phi) is 7.74. The number of carboxylic acid groups (broad SMARTS) is 1. The topological polar surface area (TPSA) is 79.3 Å². The first kappa shape index (κ1) is 28.3. The number of likely N-dealkylation sites (tertiary alicyclic amines) is 1. The minimum atomic E-state index is -4.79. The van der Waals surface area contributed by atoms with Crippen molar-refractivity contribution >= 4 is 11.9 Å². The second-order valence-electron chi connectivity index (χ2n) is 11.5. The third-order valence-electron chi connectivity index (χ3n) is 9.00. The van der Waals surface area contributed by atoms with Crippen LogP contribution >= 0.6 is 0 Å². The van der Waals surface area contributed by atoms with Crippen molar-refractivity contribution in [3.8, 4) is 11.5 Å². The summed E-state index contributed by atoms with van der Waals surface area (Å²) in [6.07, 6.45) is -0.560. The summed E-state index contributed by atoms with van der Waals surface area (Å²) >= 11 is 0. The van der Waals surface area contributed by atoms with E-state index < -0.39 is 17.7 Å². The van der Waals surface area contributed by atoms with Crippen LogP contribution in [0.4, 0.5) is 13.2 Å². The van der Waals surface area contributed by atoms with Gasteiger partial charge in [-0.05, 0) is 92.9 Å². The van der Waals surface area contributed by atoms with Crippen molar-refractivity contribution in [1.29, 1.82) is 0 Å². The van der Waals surface area contributed by atoms with E-state index in [1.54, 1.807) is 23.1 Å². The van der Waals surface area contributed by atoms with E-state index in [9.17, 15) is 27.9 Å². The van der Waals surface area contributed by atoms with E-state index in [-0.39, 0.29) is 36.9 Å². The number of halogens is 3. The highest BCUT2D eigenvalue weighted by atomic mass is 19.4. The van der Waals surface area contributed by atoms with Crippen molar-refractivity contribution in [2.24, 2.45) is 11.3 Å². The van der Waals surface area contributed by atoms with Gasteiger partial charge in [-0.15, -0.1) is 13.2 Å². The number of aromatic carboxylic acids is 1. The molecule has 2 aromatic carbocycles. The first-order valence-corrected chi connectivity index (χ1v) is 13.8. The molecule has 1 unspecified atom stereocenters. The molecule has 0 aromatic heterocycles. The molecule has 10 heteroatoms. The van der Waals surface area contributed by atoms with Crippen LogP contribution in [0.15, 0.2) is 42.5 Å². The summed E-state index contributed by atoms with van der Waals surface area (Å²) in [5, 5.41) is 9.33. The van der Waals surface area contributed by atoms with Crippen LogP contribution in [0.1, 0.15) is 73.4 Å². The van der Waals surface area contributed by atoms with Crippen LogP contribution < -0.4 is 9.47 Å². The standard InChI is InChI=1S/C30H35F3N2O5/c1-19(2)29(28(38)35-17-23-15-25(40-30(31,32)33)6-7-26(23)39-18-35)11-8-24(16-29)34-12-9-20(10-13-34)21-4-3-5-22(14-21)27(36)37/h3-7,14-15,19-20,24H,8-13,16-18H2,1-2H3,(H,36,37)/t24-,29?/m1/s1. The summed E-state index contributed by atoms with van der Waals surface area (Å²) in [5.74, 6) is -0.413. The number of rotatable bonds is 6. The third kappa shape index (κ3) is 5.77. The maximum absolute atomic E-state index is 14.0. The van der Waals surface area contributed by atoms with Crippen molar-refractivity contribution < 1.29 is 37.3 Å². The predicted octanol–water partition coefficient (Wildman–Crippen LogP) is 6.04. The number of hydrogen-bond acceptors (Lipinski definition) is 5. The molecule has 1 saturated carbocycles. The number of ether oxygens (including phenoxy) is 2. The van der Waals surface area contributed by atoms with E-state index in [2.05, 4.69) is 23.5 Å². The first-order chi connectivity index (χ1) is 18.9. The summed E-state index contributed by atoms with van der Waals surface area (Å²) < 4.78 is 48.0. The Morgan fingerprint density at radius 1 is 1.10 bits per heavy atom. The zero-order valence-corrected chi connectivity index (χ0v) is 22.7. The lowest BCUT2D eigenvalue weighted by Gasteiger charge is -2.41. The number of carboxylic acids is 1.